The average molecular weight is 352 g/mol. The molecule has 0 unspecified atom stereocenters. The van der Waals surface area contributed by atoms with Crippen LogP contribution < -0.4 is 5.32 Å². The third-order valence-electron chi connectivity index (χ3n) is 4.79. The highest BCUT2D eigenvalue weighted by molar-refractivity contribution is 5.78. The van der Waals surface area contributed by atoms with Crippen molar-refractivity contribution in [3.8, 4) is 0 Å². The highest BCUT2D eigenvalue weighted by Crippen LogP contribution is 2.10. The van der Waals surface area contributed by atoms with E-state index in [-0.39, 0.29) is 5.91 Å². The first-order chi connectivity index (χ1) is 12.7. The number of ether oxygens (including phenoxy) is 1. The molecule has 0 aromatic heterocycles. The van der Waals surface area contributed by atoms with Crippen LogP contribution in [0.2, 0.25) is 0 Å². The van der Waals surface area contributed by atoms with E-state index in [4.69, 9.17) is 4.74 Å². The Bertz CT molecular complexity index is 706. The number of aryl methyl sites for hydroxylation is 1. The van der Waals surface area contributed by atoms with Gasteiger partial charge in [-0.2, -0.15) is 0 Å². The summed E-state index contributed by atoms with van der Waals surface area (Å²) in [7, 11) is 0. The summed E-state index contributed by atoms with van der Waals surface area (Å²) < 4.78 is 5.40. The maximum atomic E-state index is 12.2. The molecule has 1 saturated heterocycles. The Morgan fingerprint density at radius 3 is 2.42 bits per heavy atom. The van der Waals surface area contributed by atoms with Gasteiger partial charge in [-0.15, -0.1) is 0 Å². The molecule has 0 radical (unpaired) electrons. The Balaban J connectivity index is 1.48. The largest absolute Gasteiger partial charge is 0.379 e. The fourth-order valence-electron chi connectivity index (χ4n) is 3.20. The number of rotatable bonds is 7. The van der Waals surface area contributed by atoms with Crippen LogP contribution in [0.4, 0.5) is 0 Å². The Morgan fingerprint density at radius 2 is 1.69 bits per heavy atom. The zero-order valence-electron chi connectivity index (χ0n) is 15.5. The van der Waals surface area contributed by atoms with E-state index in [0.29, 0.717) is 13.0 Å². The van der Waals surface area contributed by atoms with E-state index < -0.39 is 0 Å². The monoisotopic (exact) mass is 352 g/mol. The standard InChI is InChI=1S/C22H28N2O2/c1-2-18-6-8-19(9-7-18)15-22(25)23-16-20-4-3-5-21(14-20)17-24-10-12-26-13-11-24/h3-9,14H,2,10-13,15-17H2,1H3,(H,23,25). The summed E-state index contributed by atoms with van der Waals surface area (Å²) in [5, 5.41) is 3.03. The molecule has 4 heteroatoms. The molecule has 1 aliphatic heterocycles. The maximum absolute atomic E-state index is 12.2. The van der Waals surface area contributed by atoms with Gasteiger partial charge in [0.2, 0.25) is 5.91 Å². The number of hydrogen-bond donors (Lipinski definition) is 1. The molecular formula is C22H28N2O2. The zero-order chi connectivity index (χ0) is 18.2. The van der Waals surface area contributed by atoms with Crippen molar-refractivity contribution in [2.24, 2.45) is 0 Å². The molecule has 1 amide bonds. The van der Waals surface area contributed by atoms with E-state index >= 15 is 0 Å². The Hall–Kier alpha value is -2.17. The lowest BCUT2D eigenvalue weighted by Crippen LogP contribution is -2.35. The first-order valence-corrected chi connectivity index (χ1v) is 9.45. The van der Waals surface area contributed by atoms with E-state index in [2.05, 4.69) is 53.5 Å². The number of amides is 1. The average Bonchev–Trinajstić information content (AvgIpc) is 2.68. The fourth-order valence-corrected chi connectivity index (χ4v) is 3.20. The summed E-state index contributed by atoms with van der Waals surface area (Å²) in [4.78, 5) is 14.6. The first kappa shape index (κ1) is 18.6. The van der Waals surface area contributed by atoms with E-state index in [1.165, 1.54) is 11.1 Å². The minimum absolute atomic E-state index is 0.0628. The minimum Gasteiger partial charge on any atom is -0.379 e. The first-order valence-electron chi connectivity index (χ1n) is 9.45. The summed E-state index contributed by atoms with van der Waals surface area (Å²) >= 11 is 0. The van der Waals surface area contributed by atoms with Gasteiger partial charge >= 0.3 is 0 Å². The van der Waals surface area contributed by atoms with Crippen LogP contribution in [0, 0.1) is 0 Å². The van der Waals surface area contributed by atoms with Crippen molar-refractivity contribution in [1.82, 2.24) is 10.2 Å². The van der Waals surface area contributed by atoms with Gasteiger partial charge in [-0.1, -0.05) is 55.5 Å². The summed E-state index contributed by atoms with van der Waals surface area (Å²) in [5.41, 5.74) is 4.78. The van der Waals surface area contributed by atoms with E-state index in [0.717, 1.165) is 50.4 Å². The molecule has 0 saturated carbocycles. The molecule has 26 heavy (non-hydrogen) atoms. The van der Waals surface area contributed by atoms with Gasteiger partial charge in [-0.05, 0) is 28.7 Å². The topological polar surface area (TPSA) is 41.6 Å². The minimum atomic E-state index is 0.0628. The SMILES string of the molecule is CCc1ccc(CC(=O)NCc2cccc(CN3CCOCC3)c2)cc1. The van der Waals surface area contributed by atoms with Gasteiger partial charge in [0.1, 0.15) is 0 Å². The number of morpholine rings is 1. The van der Waals surface area contributed by atoms with Crippen LogP contribution in [0.15, 0.2) is 48.5 Å². The molecule has 1 heterocycles. The second-order valence-electron chi connectivity index (χ2n) is 6.83. The van der Waals surface area contributed by atoms with Crippen LogP contribution in [0.1, 0.15) is 29.2 Å². The second-order valence-corrected chi connectivity index (χ2v) is 6.83. The summed E-state index contributed by atoms with van der Waals surface area (Å²) in [6.45, 7) is 7.24. The quantitative estimate of drug-likeness (QED) is 0.833. The molecule has 0 aliphatic carbocycles. The third-order valence-corrected chi connectivity index (χ3v) is 4.79. The van der Waals surface area contributed by atoms with E-state index in [1.54, 1.807) is 0 Å². The van der Waals surface area contributed by atoms with Crippen LogP contribution in [0.3, 0.4) is 0 Å². The second kappa shape index (κ2) is 9.51. The molecule has 4 nitrogen and oxygen atoms in total. The summed E-state index contributed by atoms with van der Waals surface area (Å²) in [6, 6.07) is 16.7. The molecule has 0 atom stereocenters. The van der Waals surface area contributed by atoms with Crippen LogP contribution in [0.25, 0.3) is 0 Å². The predicted molar refractivity (Wildman–Crippen MR) is 104 cm³/mol. The molecular weight excluding hydrogens is 324 g/mol. The van der Waals surface area contributed by atoms with Crippen molar-refractivity contribution in [1.29, 1.82) is 0 Å². The lowest BCUT2D eigenvalue weighted by atomic mass is 10.1. The van der Waals surface area contributed by atoms with Gasteiger partial charge in [0.25, 0.3) is 0 Å². The molecule has 1 fully saturated rings. The molecule has 2 aromatic rings. The molecule has 1 aliphatic rings. The number of nitrogens with one attached hydrogen (secondary N) is 1. The fraction of sp³-hybridized carbons (Fsp3) is 0.409. The normalized spacial score (nSPS) is 15.0. The molecule has 0 spiro atoms. The van der Waals surface area contributed by atoms with Crippen LogP contribution in [-0.4, -0.2) is 37.1 Å². The molecule has 3 rings (SSSR count). The van der Waals surface area contributed by atoms with E-state index in [1.807, 2.05) is 12.1 Å². The number of hydrogen-bond acceptors (Lipinski definition) is 3. The summed E-state index contributed by atoms with van der Waals surface area (Å²) in [5.74, 6) is 0.0628. The summed E-state index contributed by atoms with van der Waals surface area (Å²) in [6.07, 6.45) is 1.45. The van der Waals surface area contributed by atoms with Crippen molar-refractivity contribution in [2.45, 2.75) is 32.9 Å². The van der Waals surface area contributed by atoms with Gasteiger partial charge in [-0.25, -0.2) is 0 Å². The Labute approximate surface area is 156 Å². The predicted octanol–water partition coefficient (Wildman–Crippen LogP) is 2.94. The highest BCUT2D eigenvalue weighted by atomic mass is 16.5. The number of benzene rings is 2. The van der Waals surface area contributed by atoms with Gasteiger partial charge < -0.3 is 10.1 Å². The number of nitrogens with zero attached hydrogens (tertiary/aromatic N) is 1. The number of carbonyl (C=O) groups is 1. The van der Waals surface area contributed by atoms with Crippen LogP contribution in [-0.2, 0) is 35.5 Å². The van der Waals surface area contributed by atoms with Crippen LogP contribution in [0.5, 0.6) is 0 Å². The lowest BCUT2D eigenvalue weighted by Gasteiger charge is -2.26. The molecule has 0 bridgehead atoms. The maximum Gasteiger partial charge on any atom is 0.224 e. The lowest BCUT2D eigenvalue weighted by molar-refractivity contribution is -0.120. The Kier molecular flexibility index (Phi) is 6.81. The van der Waals surface area contributed by atoms with Gasteiger partial charge in [-0.3, -0.25) is 9.69 Å². The molecule has 1 N–H and O–H groups in total. The third kappa shape index (κ3) is 5.68. The smallest absolute Gasteiger partial charge is 0.224 e. The zero-order valence-corrected chi connectivity index (χ0v) is 15.5. The van der Waals surface area contributed by atoms with Crippen LogP contribution >= 0.6 is 0 Å². The van der Waals surface area contributed by atoms with Crippen molar-refractivity contribution in [3.05, 3.63) is 70.8 Å². The van der Waals surface area contributed by atoms with Crippen molar-refractivity contribution < 1.29 is 9.53 Å². The number of carbonyl (C=O) groups excluding carboxylic acids is 1. The molecule has 2 aromatic carbocycles. The van der Waals surface area contributed by atoms with Crippen molar-refractivity contribution in [2.75, 3.05) is 26.3 Å². The van der Waals surface area contributed by atoms with Gasteiger partial charge in [0.15, 0.2) is 0 Å². The van der Waals surface area contributed by atoms with E-state index in [9.17, 15) is 4.79 Å². The molecule has 138 valence electrons. The van der Waals surface area contributed by atoms with Crippen molar-refractivity contribution >= 4 is 5.91 Å². The Morgan fingerprint density at radius 1 is 1.00 bits per heavy atom. The van der Waals surface area contributed by atoms with Crippen molar-refractivity contribution in [3.63, 3.8) is 0 Å². The van der Waals surface area contributed by atoms with Gasteiger partial charge in [0.05, 0.1) is 19.6 Å². The van der Waals surface area contributed by atoms with Gasteiger partial charge in [0, 0.05) is 26.2 Å². The highest BCUT2D eigenvalue weighted by Gasteiger charge is 2.11.